The van der Waals surface area contributed by atoms with Crippen molar-refractivity contribution in [2.45, 2.75) is 25.6 Å². The minimum Gasteiger partial charge on any atom is -0.358 e. The zero-order valence-corrected chi connectivity index (χ0v) is 13.8. The molecule has 0 aliphatic carbocycles. The van der Waals surface area contributed by atoms with E-state index in [0.29, 0.717) is 22.2 Å². The van der Waals surface area contributed by atoms with E-state index in [1.807, 2.05) is 5.32 Å². The van der Waals surface area contributed by atoms with E-state index in [2.05, 4.69) is 4.98 Å². The Morgan fingerprint density at radius 1 is 1.15 bits per heavy atom. The van der Waals surface area contributed by atoms with E-state index in [-0.39, 0.29) is 12.0 Å². The lowest BCUT2D eigenvalue weighted by Crippen LogP contribution is -2.38. The van der Waals surface area contributed by atoms with E-state index >= 15 is 0 Å². The van der Waals surface area contributed by atoms with E-state index < -0.39 is 23.9 Å². The summed E-state index contributed by atoms with van der Waals surface area (Å²) in [7, 11) is 0. The standard InChI is InChI=1S/C19H16F4N2O/c1-11-14(15-9-13(20)7-8-16(15)24-11)10-17(26)25-18(19(21,22)23)12-5-3-2-4-6-12/h2-9,18,24H,10H2,1H3,(H,25,26). The van der Waals surface area contributed by atoms with Crippen molar-refractivity contribution in [2.24, 2.45) is 0 Å². The average Bonchev–Trinajstić information content (AvgIpc) is 2.88. The highest BCUT2D eigenvalue weighted by molar-refractivity contribution is 5.90. The molecule has 1 aromatic heterocycles. The van der Waals surface area contributed by atoms with Gasteiger partial charge in [0.05, 0.1) is 6.42 Å². The molecule has 3 aromatic rings. The van der Waals surface area contributed by atoms with Crippen molar-refractivity contribution in [3.63, 3.8) is 0 Å². The zero-order chi connectivity index (χ0) is 18.9. The van der Waals surface area contributed by atoms with Gasteiger partial charge in [-0.3, -0.25) is 4.79 Å². The number of amides is 1. The molecule has 0 aliphatic rings. The lowest BCUT2D eigenvalue weighted by molar-refractivity contribution is -0.163. The number of hydrogen-bond donors (Lipinski definition) is 2. The van der Waals surface area contributed by atoms with Crippen LogP contribution in [0.4, 0.5) is 17.6 Å². The van der Waals surface area contributed by atoms with Gasteiger partial charge in [-0.1, -0.05) is 30.3 Å². The van der Waals surface area contributed by atoms with Crippen LogP contribution in [0.15, 0.2) is 48.5 Å². The Morgan fingerprint density at radius 3 is 2.50 bits per heavy atom. The van der Waals surface area contributed by atoms with Crippen LogP contribution in [0.1, 0.15) is 22.9 Å². The van der Waals surface area contributed by atoms with Crippen LogP contribution >= 0.6 is 0 Å². The summed E-state index contributed by atoms with van der Waals surface area (Å²) < 4.78 is 53.6. The quantitative estimate of drug-likeness (QED) is 0.654. The van der Waals surface area contributed by atoms with E-state index in [4.69, 9.17) is 0 Å². The Hall–Kier alpha value is -2.83. The number of nitrogens with one attached hydrogen (secondary N) is 2. The molecule has 136 valence electrons. The number of carbonyl (C=O) groups is 1. The molecule has 1 unspecified atom stereocenters. The molecule has 2 N–H and O–H groups in total. The first-order chi connectivity index (χ1) is 12.3. The molecule has 0 bridgehead atoms. The van der Waals surface area contributed by atoms with Gasteiger partial charge < -0.3 is 10.3 Å². The lowest BCUT2D eigenvalue weighted by atomic mass is 10.0. The van der Waals surface area contributed by atoms with Crippen molar-refractivity contribution in [3.05, 3.63) is 71.2 Å². The van der Waals surface area contributed by atoms with E-state index in [1.54, 1.807) is 13.0 Å². The number of rotatable bonds is 4. The highest BCUT2D eigenvalue weighted by Crippen LogP contribution is 2.33. The van der Waals surface area contributed by atoms with Gasteiger partial charge in [-0.05, 0) is 36.2 Å². The molecule has 0 aliphatic heterocycles. The summed E-state index contributed by atoms with van der Waals surface area (Å²) in [6.07, 6.45) is -4.91. The molecule has 1 atom stereocenters. The number of aromatic amines is 1. The third kappa shape index (κ3) is 3.71. The number of hydrogen-bond acceptors (Lipinski definition) is 1. The highest BCUT2D eigenvalue weighted by atomic mass is 19.4. The van der Waals surface area contributed by atoms with Gasteiger partial charge in [0, 0.05) is 16.6 Å². The number of alkyl halides is 3. The van der Waals surface area contributed by atoms with Gasteiger partial charge in [-0.2, -0.15) is 13.2 Å². The predicted octanol–water partition coefficient (Wildman–Crippen LogP) is 4.58. The summed E-state index contributed by atoms with van der Waals surface area (Å²) in [5, 5.41) is 2.53. The van der Waals surface area contributed by atoms with Crippen molar-refractivity contribution in [1.82, 2.24) is 10.3 Å². The zero-order valence-electron chi connectivity index (χ0n) is 13.8. The van der Waals surface area contributed by atoms with Crippen molar-refractivity contribution < 1.29 is 22.4 Å². The van der Waals surface area contributed by atoms with Crippen LogP contribution in [0.5, 0.6) is 0 Å². The molecule has 0 spiro atoms. The third-order valence-corrected chi connectivity index (χ3v) is 4.18. The Kier molecular flexibility index (Phi) is 4.71. The van der Waals surface area contributed by atoms with Gasteiger partial charge in [0.2, 0.25) is 5.91 Å². The van der Waals surface area contributed by atoms with E-state index in [9.17, 15) is 22.4 Å². The first-order valence-electron chi connectivity index (χ1n) is 7.93. The van der Waals surface area contributed by atoms with Gasteiger partial charge in [0.15, 0.2) is 6.04 Å². The number of aromatic nitrogens is 1. The predicted molar refractivity (Wildman–Crippen MR) is 90.1 cm³/mol. The second-order valence-electron chi connectivity index (χ2n) is 6.05. The number of H-pyrrole nitrogens is 1. The summed E-state index contributed by atoms with van der Waals surface area (Å²) in [5.41, 5.74) is 1.67. The van der Waals surface area contributed by atoms with Crippen LogP contribution in [0, 0.1) is 12.7 Å². The van der Waals surface area contributed by atoms with E-state index in [1.165, 1.54) is 42.5 Å². The van der Waals surface area contributed by atoms with Gasteiger partial charge in [-0.25, -0.2) is 4.39 Å². The molecule has 0 saturated heterocycles. The Morgan fingerprint density at radius 2 is 1.85 bits per heavy atom. The minimum absolute atomic E-state index is 0.0463. The van der Waals surface area contributed by atoms with Crippen LogP contribution in [0.3, 0.4) is 0 Å². The fourth-order valence-electron chi connectivity index (χ4n) is 2.95. The van der Waals surface area contributed by atoms with Crippen LogP contribution in [-0.2, 0) is 11.2 Å². The second kappa shape index (κ2) is 6.82. The fraction of sp³-hybridized carbons (Fsp3) is 0.211. The van der Waals surface area contributed by atoms with Crippen LogP contribution in [-0.4, -0.2) is 17.1 Å². The second-order valence-corrected chi connectivity index (χ2v) is 6.05. The maximum absolute atomic E-state index is 13.5. The smallest absolute Gasteiger partial charge is 0.358 e. The number of aryl methyl sites for hydroxylation is 1. The first kappa shape index (κ1) is 18.0. The van der Waals surface area contributed by atoms with Crippen molar-refractivity contribution in [3.8, 4) is 0 Å². The van der Waals surface area contributed by atoms with Crippen LogP contribution < -0.4 is 5.32 Å². The van der Waals surface area contributed by atoms with Gasteiger partial charge in [0.25, 0.3) is 0 Å². The van der Waals surface area contributed by atoms with Crippen LogP contribution in [0.25, 0.3) is 10.9 Å². The molecule has 26 heavy (non-hydrogen) atoms. The molecular weight excluding hydrogens is 348 g/mol. The van der Waals surface area contributed by atoms with Gasteiger partial charge in [0.1, 0.15) is 5.82 Å². The normalized spacial score (nSPS) is 13.0. The molecular formula is C19H16F4N2O. The molecule has 3 rings (SSSR count). The number of carbonyl (C=O) groups excluding carboxylic acids is 1. The first-order valence-corrected chi connectivity index (χ1v) is 7.93. The van der Waals surface area contributed by atoms with Gasteiger partial charge >= 0.3 is 6.18 Å². The minimum atomic E-state index is -4.63. The van der Waals surface area contributed by atoms with E-state index in [0.717, 1.165) is 0 Å². The third-order valence-electron chi connectivity index (χ3n) is 4.18. The molecule has 3 nitrogen and oxygen atoms in total. The highest BCUT2D eigenvalue weighted by Gasteiger charge is 2.41. The fourth-order valence-corrected chi connectivity index (χ4v) is 2.95. The largest absolute Gasteiger partial charge is 0.412 e. The average molecular weight is 364 g/mol. The maximum Gasteiger partial charge on any atom is 0.412 e. The Balaban J connectivity index is 1.86. The molecule has 2 aromatic carbocycles. The Labute approximate surface area is 147 Å². The van der Waals surface area contributed by atoms with Gasteiger partial charge in [-0.15, -0.1) is 0 Å². The van der Waals surface area contributed by atoms with Crippen molar-refractivity contribution in [2.75, 3.05) is 0 Å². The molecule has 0 saturated carbocycles. The number of benzene rings is 2. The number of fused-ring (bicyclic) bond motifs is 1. The summed E-state index contributed by atoms with van der Waals surface area (Å²) >= 11 is 0. The molecule has 1 amide bonds. The molecule has 7 heteroatoms. The molecule has 0 fully saturated rings. The van der Waals surface area contributed by atoms with Crippen molar-refractivity contribution >= 4 is 16.8 Å². The Bertz CT molecular complexity index is 932. The topological polar surface area (TPSA) is 44.9 Å². The monoisotopic (exact) mass is 364 g/mol. The SMILES string of the molecule is Cc1[nH]c2ccc(F)cc2c1CC(=O)NC(c1ccccc1)C(F)(F)F. The summed E-state index contributed by atoms with van der Waals surface area (Å²) in [5.74, 6) is -1.26. The maximum atomic E-state index is 13.5. The lowest BCUT2D eigenvalue weighted by Gasteiger charge is -2.22. The molecule has 1 heterocycles. The molecule has 0 radical (unpaired) electrons. The van der Waals surface area contributed by atoms with Crippen LogP contribution in [0.2, 0.25) is 0 Å². The summed E-state index contributed by atoms with van der Waals surface area (Å²) in [4.78, 5) is 15.3. The summed E-state index contributed by atoms with van der Waals surface area (Å²) in [6, 6.07) is 9.15. The summed E-state index contributed by atoms with van der Waals surface area (Å²) in [6.45, 7) is 1.69. The van der Waals surface area contributed by atoms with Crippen molar-refractivity contribution in [1.29, 1.82) is 0 Å². The number of halogens is 4.